The van der Waals surface area contributed by atoms with E-state index >= 15 is 0 Å². The standard InChI is InChI=1S/C15H22O4/c1-7-9-5-15(2,3)6-10(9)12(13(16)17)8-4-11(7)19-14(8)18/h7-9,11,14,18H,4-6H2,1-3H3,(H,16,17)/t7-,8+,9+,11+,14-/m0/s1. The first-order valence-electron chi connectivity index (χ1n) is 7.10. The molecule has 0 aromatic carbocycles. The number of aliphatic hydroxyl groups excluding tert-OH is 1. The molecule has 1 aliphatic heterocycles. The minimum absolute atomic E-state index is 0.00856. The number of fused-ring (bicyclic) bond motifs is 3. The first-order valence-corrected chi connectivity index (χ1v) is 7.10. The molecule has 4 nitrogen and oxygen atoms in total. The fourth-order valence-electron chi connectivity index (χ4n) is 4.32. The molecule has 3 rings (SSSR count). The number of rotatable bonds is 1. The molecule has 2 N–H and O–H groups in total. The van der Waals surface area contributed by atoms with Gasteiger partial charge in [-0.2, -0.15) is 0 Å². The third-order valence-electron chi connectivity index (χ3n) is 5.20. The highest BCUT2D eigenvalue weighted by molar-refractivity contribution is 5.88. The van der Waals surface area contributed by atoms with Crippen LogP contribution in [0.2, 0.25) is 0 Å². The van der Waals surface area contributed by atoms with E-state index in [9.17, 15) is 15.0 Å². The number of hydrogen-bond donors (Lipinski definition) is 2. The third kappa shape index (κ3) is 1.93. The average molecular weight is 266 g/mol. The molecule has 2 aliphatic carbocycles. The highest BCUT2D eigenvalue weighted by Crippen LogP contribution is 2.55. The predicted octanol–water partition coefficient (Wildman–Crippen LogP) is 2.18. The van der Waals surface area contributed by atoms with Gasteiger partial charge in [0.15, 0.2) is 6.29 Å². The van der Waals surface area contributed by atoms with Gasteiger partial charge < -0.3 is 14.9 Å². The maximum atomic E-state index is 11.7. The molecular formula is C15H22O4. The lowest BCUT2D eigenvalue weighted by molar-refractivity contribution is -0.139. The monoisotopic (exact) mass is 266 g/mol. The van der Waals surface area contributed by atoms with Crippen LogP contribution in [-0.4, -0.2) is 28.6 Å². The summed E-state index contributed by atoms with van der Waals surface area (Å²) in [7, 11) is 0. The van der Waals surface area contributed by atoms with Gasteiger partial charge in [-0.15, -0.1) is 0 Å². The SMILES string of the molecule is C[C@@H]1[C@H]2C[C@H](C(C(=O)O)=C3CC(C)(C)C[C@@H]31)[C@@H](O)O2. The molecule has 0 amide bonds. The Morgan fingerprint density at radius 3 is 2.68 bits per heavy atom. The largest absolute Gasteiger partial charge is 0.478 e. The molecule has 0 radical (unpaired) electrons. The molecule has 0 aromatic heterocycles. The van der Waals surface area contributed by atoms with Crippen molar-refractivity contribution in [3.63, 3.8) is 0 Å². The number of carboxylic acids is 1. The first-order chi connectivity index (χ1) is 8.80. The molecule has 1 saturated carbocycles. The van der Waals surface area contributed by atoms with E-state index in [1.165, 1.54) is 0 Å². The normalized spacial score (nSPS) is 44.1. The third-order valence-corrected chi connectivity index (χ3v) is 5.20. The Balaban J connectivity index is 2.12. The average Bonchev–Trinajstić information content (AvgIpc) is 2.77. The van der Waals surface area contributed by atoms with E-state index in [0.717, 1.165) is 18.4 Å². The molecule has 3 aliphatic rings. The van der Waals surface area contributed by atoms with Crippen LogP contribution in [0, 0.1) is 23.2 Å². The van der Waals surface area contributed by atoms with Crippen molar-refractivity contribution in [2.75, 3.05) is 0 Å². The van der Waals surface area contributed by atoms with Gasteiger partial charge in [-0.25, -0.2) is 4.79 Å². The number of aliphatic carboxylic acids is 1. The van der Waals surface area contributed by atoms with E-state index in [1.807, 2.05) is 0 Å². The lowest BCUT2D eigenvalue weighted by atomic mass is 9.83. The Morgan fingerprint density at radius 1 is 1.37 bits per heavy atom. The quantitative estimate of drug-likeness (QED) is 0.763. The zero-order valence-electron chi connectivity index (χ0n) is 11.7. The number of ether oxygens (including phenoxy) is 1. The van der Waals surface area contributed by atoms with Gasteiger partial charge in [0.1, 0.15) is 0 Å². The summed E-state index contributed by atoms with van der Waals surface area (Å²) in [6, 6.07) is 0. The maximum Gasteiger partial charge on any atom is 0.332 e. The van der Waals surface area contributed by atoms with Gasteiger partial charge >= 0.3 is 5.97 Å². The zero-order chi connectivity index (χ0) is 13.9. The van der Waals surface area contributed by atoms with Crippen LogP contribution in [-0.2, 0) is 9.53 Å². The number of carboxylic acid groups (broad SMARTS) is 1. The van der Waals surface area contributed by atoms with Gasteiger partial charge in [0, 0.05) is 11.5 Å². The molecule has 106 valence electrons. The van der Waals surface area contributed by atoms with Crippen molar-refractivity contribution in [2.24, 2.45) is 23.2 Å². The molecular weight excluding hydrogens is 244 g/mol. The molecule has 0 aromatic rings. The number of hydrogen-bond acceptors (Lipinski definition) is 3. The van der Waals surface area contributed by atoms with Crippen LogP contribution in [0.1, 0.15) is 40.0 Å². The summed E-state index contributed by atoms with van der Waals surface area (Å²) in [6.07, 6.45) is 1.54. The zero-order valence-corrected chi connectivity index (χ0v) is 11.7. The van der Waals surface area contributed by atoms with Crippen molar-refractivity contribution in [3.05, 3.63) is 11.1 Å². The Bertz CT molecular complexity index is 451. The van der Waals surface area contributed by atoms with Crippen LogP contribution in [0.5, 0.6) is 0 Å². The van der Waals surface area contributed by atoms with Crippen LogP contribution in [0.15, 0.2) is 11.1 Å². The van der Waals surface area contributed by atoms with Crippen LogP contribution < -0.4 is 0 Å². The second kappa shape index (κ2) is 4.06. The predicted molar refractivity (Wildman–Crippen MR) is 69.3 cm³/mol. The Labute approximate surface area is 113 Å². The van der Waals surface area contributed by atoms with Gasteiger partial charge in [0.05, 0.1) is 6.10 Å². The van der Waals surface area contributed by atoms with Crippen molar-refractivity contribution >= 4 is 5.97 Å². The molecule has 2 fully saturated rings. The fourth-order valence-corrected chi connectivity index (χ4v) is 4.32. The molecule has 2 bridgehead atoms. The lowest BCUT2D eigenvalue weighted by Gasteiger charge is -2.28. The molecule has 4 heteroatoms. The molecule has 19 heavy (non-hydrogen) atoms. The summed E-state index contributed by atoms with van der Waals surface area (Å²) in [4.78, 5) is 11.7. The highest BCUT2D eigenvalue weighted by atomic mass is 16.6. The van der Waals surface area contributed by atoms with E-state index in [-0.39, 0.29) is 23.4 Å². The Hall–Kier alpha value is -0.870. The summed E-state index contributed by atoms with van der Waals surface area (Å²) >= 11 is 0. The van der Waals surface area contributed by atoms with E-state index in [4.69, 9.17) is 4.74 Å². The second-order valence-corrected chi connectivity index (χ2v) is 7.16. The topological polar surface area (TPSA) is 66.8 Å². The highest BCUT2D eigenvalue weighted by Gasteiger charge is 2.51. The van der Waals surface area contributed by atoms with E-state index in [1.54, 1.807) is 0 Å². The van der Waals surface area contributed by atoms with E-state index < -0.39 is 12.3 Å². The van der Waals surface area contributed by atoms with Crippen LogP contribution in [0.4, 0.5) is 0 Å². The molecule has 0 unspecified atom stereocenters. The molecule has 1 saturated heterocycles. The van der Waals surface area contributed by atoms with Crippen LogP contribution in [0.25, 0.3) is 0 Å². The van der Waals surface area contributed by atoms with Gasteiger partial charge in [-0.05, 0) is 36.5 Å². The first kappa shape index (κ1) is 13.1. The van der Waals surface area contributed by atoms with Crippen molar-refractivity contribution in [2.45, 2.75) is 52.4 Å². The molecule has 5 atom stereocenters. The number of allylic oxidation sites excluding steroid dienone is 1. The number of carbonyl (C=O) groups is 1. The van der Waals surface area contributed by atoms with Gasteiger partial charge in [-0.1, -0.05) is 26.3 Å². The fraction of sp³-hybridized carbons (Fsp3) is 0.800. The van der Waals surface area contributed by atoms with Crippen LogP contribution >= 0.6 is 0 Å². The van der Waals surface area contributed by atoms with Gasteiger partial charge in [0.2, 0.25) is 0 Å². The van der Waals surface area contributed by atoms with E-state index in [2.05, 4.69) is 20.8 Å². The summed E-state index contributed by atoms with van der Waals surface area (Å²) in [6.45, 7) is 6.52. The Kier molecular flexibility index (Phi) is 2.81. The van der Waals surface area contributed by atoms with E-state index in [0.29, 0.717) is 17.9 Å². The molecule has 1 heterocycles. The summed E-state index contributed by atoms with van der Waals surface area (Å²) in [5.41, 5.74) is 1.66. The molecule has 0 spiro atoms. The van der Waals surface area contributed by atoms with Crippen molar-refractivity contribution in [3.8, 4) is 0 Å². The summed E-state index contributed by atoms with van der Waals surface area (Å²) < 4.78 is 5.59. The maximum absolute atomic E-state index is 11.7. The van der Waals surface area contributed by atoms with Crippen LogP contribution in [0.3, 0.4) is 0 Å². The second-order valence-electron chi connectivity index (χ2n) is 7.16. The van der Waals surface area contributed by atoms with Crippen molar-refractivity contribution < 1.29 is 19.7 Å². The number of aliphatic hydroxyl groups is 1. The van der Waals surface area contributed by atoms with Crippen molar-refractivity contribution in [1.29, 1.82) is 0 Å². The minimum Gasteiger partial charge on any atom is -0.478 e. The van der Waals surface area contributed by atoms with Gasteiger partial charge in [-0.3, -0.25) is 0 Å². The smallest absolute Gasteiger partial charge is 0.332 e. The van der Waals surface area contributed by atoms with Crippen molar-refractivity contribution in [1.82, 2.24) is 0 Å². The lowest BCUT2D eigenvalue weighted by Crippen LogP contribution is -2.29. The Morgan fingerprint density at radius 2 is 2.05 bits per heavy atom. The summed E-state index contributed by atoms with van der Waals surface area (Å²) in [5, 5.41) is 19.6. The minimum atomic E-state index is -0.948. The van der Waals surface area contributed by atoms with Gasteiger partial charge in [0.25, 0.3) is 0 Å². The summed E-state index contributed by atoms with van der Waals surface area (Å²) in [5.74, 6) is -0.643.